The fraction of sp³-hybridized carbons (Fsp3) is 0.118. The lowest BCUT2D eigenvalue weighted by Crippen LogP contribution is -2.24. The van der Waals surface area contributed by atoms with Crippen LogP contribution in [-0.4, -0.2) is 19.2 Å². The maximum atomic E-state index is 13.2. The lowest BCUT2D eigenvalue weighted by atomic mass is 10.1. The molecule has 0 saturated heterocycles. The van der Waals surface area contributed by atoms with E-state index in [1.165, 1.54) is 18.2 Å². The van der Waals surface area contributed by atoms with Crippen LogP contribution in [0.4, 0.5) is 19.1 Å². The molecular weight excluding hydrogens is 347 g/mol. The lowest BCUT2D eigenvalue weighted by Gasteiger charge is -2.11. The highest BCUT2D eigenvalue weighted by Crippen LogP contribution is 2.32. The van der Waals surface area contributed by atoms with Crippen LogP contribution in [0.3, 0.4) is 0 Å². The predicted octanol–water partition coefficient (Wildman–Crippen LogP) is 2.69. The fourth-order valence-electron chi connectivity index (χ4n) is 2.92. The van der Waals surface area contributed by atoms with Crippen LogP contribution in [0.25, 0.3) is 16.6 Å². The Bertz CT molecular complexity index is 1190. The molecule has 2 heterocycles. The normalized spacial score (nSPS) is 12.1. The summed E-state index contributed by atoms with van der Waals surface area (Å²) in [5, 5.41) is 4.78. The molecule has 2 aromatic heterocycles. The quantitative estimate of drug-likeness (QED) is 0.597. The Morgan fingerprint density at radius 1 is 1.04 bits per heavy atom. The Morgan fingerprint density at radius 3 is 2.50 bits per heavy atom. The number of anilines is 1. The number of aromatic nitrogens is 4. The molecule has 4 aromatic rings. The first-order valence-electron chi connectivity index (χ1n) is 7.65. The van der Waals surface area contributed by atoms with Gasteiger partial charge in [-0.15, -0.1) is 5.10 Å². The van der Waals surface area contributed by atoms with Crippen molar-refractivity contribution in [3.8, 4) is 0 Å². The molecule has 26 heavy (non-hydrogen) atoms. The standard InChI is InChI=1S/C17H12F3N5O/c18-17(19,20)12-7-3-1-5-10(12)9-24-16(26)25-14(23-24)11-6-2-4-8-13(11)22-15(25)21/h1-8H,9H2,(H2,21,22). The molecule has 0 aliphatic carbocycles. The number of alkyl halides is 3. The van der Waals surface area contributed by atoms with Gasteiger partial charge in [-0.3, -0.25) is 0 Å². The SMILES string of the molecule is Nc1nc2ccccc2c2nn(Cc3ccccc3C(F)(F)F)c(=O)n12. The van der Waals surface area contributed by atoms with Gasteiger partial charge in [-0.05, 0) is 23.8 Å². The number of rotatable bonds is 2. The minimum absolute atomic E-state index is 0.0543. The van der Waals surface area contributed by atoms with Crippen molar-refractivity contribution in [3.05, 3.63) is 70.1 Å². The van der Waals surface area contributed by atoms with E-state index in [-0.39, 0.29) is 23.7 Å². The summed E-state index contributed by atoms with van der Waals surface area (Å²) in [5.41, 5.74) is 5.14. The van der Waals surface area contributed by atoms with E-state index in [1.54, 1.807) is 24.3 Å². The summed E-state index contributed by atoms with van der Waals surface area (Å²) < 4.78 is 41.6. The number of hydrogen-bond acceptors (Lipinski definition) is 4. The van der Waals surface area contributed by atoms with Crippen LogP contribution in [-0.2, 0) is 12.7 Å². The average Bonchev–Trinajstić information content (AvgIpc) is 2.92. The second-order valence-corrected chi connectivity index (χ2v) is 5.74. The molecular formula is C17H12F3N5O. The Morgan fingerprint density at radius 2 is 1.73 bits per heavy atom. The third-order valence-corrected chi connectivity index (χ3v) is 4.09. The van der Waals surface area contributed by atoms with E-state index in [0.717, 1.165) is 15.1 Å². The first kappa shape index (κ1) is 16.1. The second-order valence-electron chi connectivity index (χ2n) is 5.74. The van der Waals surface area contributed by atoms with Crippen LogP contribution >= 0.6 is 0 Å². The summed E-state index contributed by atoms with van der Waals surface area (Å²) in [5.74, 6) is -0.0703. The van der Waals surface area contributed by atoms with Crippen molar-refractivity contribution in [3.63, 3.8) is 0 Å². The van der Waals surface area contributed by atoms with E-state index in [1.807, 2.05) is 0 Å². The summed E-state index contributed by atoms with van der Waals surface area (Å²) in [7, 11) is 0. The van der Waals surface area contributed by atoms with Crippen molar-refractivity contribution in [1.29, 1.82) is 0 Å². The summed E-state index contributed by atoms with van der Waals surface area (Å²) >= 11 is 0. The molecule has 2 aromatic carbocycles. The predicted molar refractivity (Wildman–Crippen MR) is 89.7 cm³/mol. The molecule has 4 rings (SSSR count). The minimum atomic E-state index is -4.52. The highest BCUT2D eigenvalue weighted by Gasteiger charge is 2.33. The Hall–Kier alpha value is -3.36. The van der Waals surface area contributed by atoms with Gasteiger partial charge in [-0.2, -0.15) is 13.2 Å². The number of hydrogen-bond donors (Lipinski definition) is 1. The van der Waals surface area contributed by atoms with E-state index in [0.29, 0.717) is 10.9 Å². The number of benzene rings is 2. The zero-order chi connectivity index (χ0) is 18.5. The van der Waals surface area contributed by atoms with Crippen LogP contribution in [0.5, 0.6) is 0 Å². The van der Waals surface area contributed by atoms with Gasteiger partial charge in [0.15, 0.2) is 5.65 Å². The molecule has 0 bridgehead atoms. The Kier molecular flexibility index (Phi) is 3.46. The van der Waals surface area contributed by atoms with Crippen LogP contribution in [0.1, 0.15) is 11.1 Å². The molecule has 0 fully saturated rings. The van der Waals surface area contributed by atoms with Crippen molar-refractivity contribution in [2.24, 2.45) is 0 Å². The molecule has 0 atom stereocenters. The molecule has 6 nitrogen and oxygen atoms in total. The molecule has 2 N–H and O–H groups in total. The number of halogens is 3. The van der Waals surface area contributed by atoms with Gasteiger partial charge in [0.1, 0.15) is 0 Å². The molecule has 0 aliphatic rings. The largest absolute Gasteiger partial charge is 0.416 e. The highest BCUT2D eigenvalue weighted by atomic mass is 19.4. The van der Waals surface area contributed by atoms with Crippen molar-refractivity contribution < 1.29 is 13.2 Å². The van der Waals surface area contributed by atoms with Gasteiger partial charge in [0.25, 0.3) is 0 Å². The van der Waals surface area contributed by atoms with Crippen LogP contribution < -0.4 is 11.4 Å². The van der Waals surface area contributed by atoms with Gasteiger partial charge in [0, 0.05) is 5.39 Å². The summed E-state index contributed by atoms with van der Waals surface area (Å²) in [4.78, 5) is 16.8. The fourth-order valence-corrected chi connectivity index (χ4v) is 2.92. The Labute approximate surface area is 144 Å². The smallest absolute Gasteiger partial charge is 0.369 e. The molecule has 0 amide bonds. The van der Waals surface area contributed by atoms with E-state index in [2.05, 4.69) is 10.1 Å². The molecule has 0 aliphatic heterocycles. The van der Waals surface area contributed by atoms with Crippen LogP contribution in [0.15, 0.2) is 53.3 Å². The summed E-state index contributed by atoms with van der Waals surface area (Å²) in [6.45, 7) is -0.329. The number of nitrogens with zero attached hydrogens (tertiary/aromatic N) is 4. The molecule has 9 heteroatoms. The first-order chi connectivity index (χ1) is 12.4. The average molecular weight is 359 g/mol. The highest BCUT2D eigenvalue weighted by molar-refractivity contribution is 5.91. The van der Waals surface area contributed by atoms with E-state index < -0.39 is 17.4 Å². The molecule has 0 spiro atoms. The van der Waals surface area contributed by atoms with Crippen molar-refractivity contribution in [2.75, 3.05) is 5.73 Å². The van der Waals surface area contributed by atoms with Gasteiger partial charge < -0.3 is 5.73 Å². The summed E-state index contributed by atoms with van der Waals surface area (Å²) in [6.07, 6.45) is -4.52. The topological polar surface area (TPSA) is 78.2 Å². The monoisotopic (exact) mass is 359 g/mol. The number of fused-ring (bicyclic) bond motifs is 3. The zero-order valence-electron chi connectivity index (χ0n) is 13.2. The van der Waals surface area contributed by atoms with Gasteiger partial charge in [-0.1, -0.05) is 30.3 Å². The van der Waals surface area contributed by atoms with Crippen LogP contribution in [0.2, 0.25) is 0 Å². The van der Waals surface area contributed by atoms with Crippen molar-refractivity contribution >= 4 is 22.5 Å². The van der Waals surface area contributed by atoms with Gasteiger partial charge in [0.05, 0.1) is 17.6 Å². The maximum Gasteiger partial charge on any atom is 0.416 e. The van der Waals surface area contributed by atoms with Gasteiger partial charge in [-0.25, -0.2) is 18.9 Å². The number of nitrogens with two attached hydrogens (primary N) is 1. The lowest BCUT2D eigenvalue weighted by molar-refractivity contribution is -0.138. The van der Waals surface area contributed by atoms with E-state index in [9.17, 15) is 18.0 Å². The third-order valence-electron chi connectivity index (χ3n) is 4.09. The summed E-state index contributed by atoms with van der Waals surface area (Å²) in [6, 6.07) is 12.0. The molecule has 0 radical (unpaired) electrons. The number of nitrogen functional groups attached to an aromatic ring is 1. The zero-order valence-corrected chi connectivity index (χ0v) is 13.2. The van der Waals surface area contributed by atoms with Gasteiger partial charge >= 0.3 is 11.9 Å². The van der Waals surface area contributed by atoms with Crippen LogP contribution in [0, 0.1) is 0 Å². The van der Waals surface area contributed by atoms with Crippen molar-refractivity contribution in [1.82, 2.24) is 19.2 Å². The Balaban J connectivity index is 1.92. The van der Waals surface area contributed by atoms with E-state index >= 15 is 0 Å². The minimum Gasteiger partial charge on any atom is -0.369 e. The molecule has 0 saturated carbocycles. The molecule has 0 unspecified atom stereocenters. The van der Waals surface area contributed by atoms with Gasteiger partial charge in [0.2, 0.25) is 5.95 Å². The maximum absolute atomic E-state index is 13.2. The first-order valence-corrected chi connectivity index (χ1v) is 7.65. The van der Waals surface area contributed by atoms with E-state index in [4.69, 9.17) is 5.73 Å². The van der Waals surface area contributed by atoms with Crippen molar-refractivity contribution in [2.45, 2.75) is 12.7 Å². The third kappa shape index (κ3) is 2.48. The molecule has 132 valence electrons. The second kappa shape index (κ2) is 5.58. The number of para-hydroxylation sites is 1.